The molecule has 2 N–H and O–H groups in total. The molecule has 0 amide bonds. The van der Waals surface area contributed by atoms with Gasteiger partial charge in [0.25, 0.3) is 0 Å². The molecule has 0 heterocycles. The van der Waals surface area contributed by atoms with Crippen LogP contribution in [-0.2, 0) is 0 Å². The lowest BCUT2D eigenvalue weighted by molar-refractivity contribution is 0.607. The maximum Gasteiger partial charge on any atom is 0.146 e. The van der Waals surface area contributed by atoms with Crippen molar-refractivity contribution in [3.63, 3.8) is 0 Å². The fraction of sp³-hybridized carbons (Fsp3) is 0. The van der Waals surface area contributed by atoms with E-state index in [0.29, 0.717) is 10.6 Å². The van der Waals surface area contributed by atoms with Gasteiger partial charge < -0.3 is 5.73 Å². The van der Waals surface area contributed by atoms with E-state index in [-0.39, 0.29) is 11.3 Å². The Morgan fingerprint density at radius 1 is 0.938 bits per heavy atom. The Morgan fingerprint density at radius 2 is 1.62 bits per heavy atom. The molecule has 16 heavy (non-hydrogen) atoms. The van der Waals surface area contributed by atoms with Crippen LogP contribution in [0.15, 0.2) is 36.4 Å². The minimum absolute atomic E-state index is 0.109. The molecule has 0 aliphatic carbocycles. The van der Waals surface area contributed by atoms with Crippen LogP contribution in [0.4, 0.5) is 14.5 Å². The Labute approximate surface area is 96.5 Å². The topological polar surface area (TPSA) is 26.0 Å². The highest BCUT2D eigenvalue weighted by Crippen LogP contribution is 2.31. The summed E-state index contributed by atoms with van der Waals surface area (Å²) >= 11 is 5.90. The first kappa shape index (κ1) is 10.9. The molecule has 0 saturated carbocycles. The van der Waals surface area contributed by atoms with Crippen LogP contribution in [0.2, 0.25) is 5.02 Å². The molecule has 4 heteroatoms. The zero-order valence-corrected chi connectivity index (χ0v) is 8.93. The number of anilines is 1. The van der Waals surface area contributed by atoms with Gasteiger partial charge in [-0.15, -0.1) is 0 Å². The van der Waals surface area contributed by atoms with Crippen molar-refractivity contribution in [2.75, 3.05) is 5.73 Å². The molecular weight excluding hydrogens is 232 g/mol. The second-order valence-electron chi connectivity index (χ2n) is 3.33. The molecule has 0 bridgehead atoms. The molecule has 0 radical (unpaired) electrons. The van der Waals surface area contributed by atoms with Crippen molar-refractivity contribution < 1.29 is 8.78 Å². The third-order valence-electron chi connectivity index (χ3n) is 2.25. The molecule has 2 rings (SSSR count). The van der Waals surface area contributed by atoms with Gasteiger partial charge in [0.15, 0.2) is 0 Å². The zero-order valence-electron chi connectivity index (χ0n) is 8.18. The summed E-state index contributed by atoms with van der Waals surface area (Å²) in [4.78, 5) is 0. The van der Waals surface area contributed by atoms with E-state index in [4.69, 9.17) is 17.3 Å². The van der Waals surface area contributed by atoms with E-state index < -0.39 is 11.6 Å². The van der Waals surface area contributed by atoms with Crippen LogP contribution in [0.1, 0.15) is 0 Å². The number of hydrogen-bond acceptors (Lipinski definition) is 1. The molecule has 2 aromatic rings. The first-order chi connectivity index (χ1) is 7.59. The van der Waals surface area contributed by atoms with Gasteiger partial charge in [0.2, 0.25) is 0 Å². The quantitative estimate of drug-likeness (QED) is 0.751. The summed E-state index contributed by atoms with van der Waals surface area (Å²) in [6, 6.07) is 8.66. The number of hydrogen-bond donors (Lipinski definition) is 1. The molecule has 0 aliphatic rings. The minimum Gasteiger partial charge on any atom is -0.396 e. The van der Waals surface area contributed by atoms with Gasteiger partial charge in [0, 0.05) is 22.2 Å². The predicted molar refractivity (Wildman–Crippen MR) is 61.2 cm³/mol. The van der Waals surface area contributed by atoms with Gasteiger partial charge in [0.1, 0.15) is 11.6 Å². The second-order valence-corrected chi connectivity index (χ2v) is 3.74. The van der Waals surface area contributed by atoms with E-state index in [1.165, 1.54) is 0 Å². The summed E-state index contributed by atoms with van der Waals surface area (Å²) in [5, 5.41) is 0.366. The molecule has 0 saturated heterocycles. The lowest BCUT2D eigenvalue weighted by atomic mass is 10.0. The van der Waals surface area contributed by atoms with E-state index in [0.717, 1.165) is 12.1 Å². The largest absolute Gasteiger partial charge is 0.396 e. The average molecular weight is 240 g/mol. The molecule has 1 nitrogen and oxygen atoms in total. The molecule has 0 spiro atoms. The average Bonchev–Trinajstić information content (AvgIpc) is 2.25. The monoisotopic (exact) mass is 239 g/mol. The van der Waals surface area contributed by atoms with E-state index in [1.54, 1.807) is 24.3 Å². The molecule has 0 atom stereocenters. The molecule has 0 aliphatic heterocycles. The fourth-order valence-electron chi connectivity index (χ4n) is 1.45. The molecule has 0 unspecified atom stereocenters. The van der Waals surface area contributed by atoms with Crippen molar-refractivity contribution in [1.82, 2.24) is 0 Å². The lowest BCUT2D eigenvalue weighted by Crippen LogP contribution is -1.94. The SMILES string of the molecule is Nc1cc(F)c(-c2ccccc2Cl)cc1F. The van der Waals surface area contributed by atoms with E-state index in [9.17, 15) is 8.78 Å². The van der Waals surface area contributed by atoms with E-state index in [2.05, 4.69) is 0 Å². The minimum atomic E-state index is -0.656. The van der Waals surface area contributed by atoms with E-state index >= 15 is 0 Å². The van der Waals surface area contributed by atoms with Gasteiger partial charge in [0.05, 0.1) is 5.69 Å². The standard InChI is InChI=1S/C12H8ClF2N/c13-9-4-2-1-3-7(9)8-5-11(15)12(16)6-10(8)14/h1-6H,16H2. The predicted octanol–water partition coefficient (Wildman–Crippen LogP) is 3.87. The highest BCUT2D eigenvalue weighted by Gasteiger charge is 2.11. The van der Waals surface area contributed by atoms with Gasteiger partial charge in [-0.3, -0.25) is 0 Å². The Hall–Kier alpha value is -1.61. The van der Waals surface area contributed by atoms with Crippen molar-refractivity contribution in [1.29, 1.82) is 0 Å². The summed E-state index contributed by atoms with van der Waals surface area (Å²) < 4.78 is 26.8. The van der Waals surface area contributed by atoms with Crippen LogP contribution in [0.3, 0.4) is 0 Å². The molecular formula is C12H8ClF2N. The third-order valence-corrected chi connectivity index (χ3v) is 2.58. The van der Waals surface area contributed by atoms with Crippen LogP contribution in [0.5, 0.6) is 0 Å². The Balaban J connectivity index is 2.65. The summed E-state index contributed by atoms with van der Waals surface area (Å²) in [5.41, 5.74) is 5.60. The van der Waals surface area contributed by atoms with Crippen LogP contribution in [0, 0.1) is 11.6 Å². The summed E-state index contributed by atoms with van der Waals surface area (Å²) in [6.07, 6.45) is 0. The fourth-order valence-corrected chi connectivity index (χ4v) is 1.69. The normalized spacial score (nSPS) is 10.4. The number of nitrogen functional groups attached to an aromatic ring is 1. The molecule has 0 fully saturated rings. The van der Waals surface area contributed by atoms with Crippen molar-refractivity contribution >= 4 is 17.3 Å². The van der Waals surface area contributed by atoms with Crippen molar-refractivity contribution in [3.05, 3.63) is 53.1 Å². The van der Waals surface area contributed by atoms with E-state index in [1.807, 2.05) is 0 Å². The van der Waals surface area contributed by atoms with Crippen LogP contribution in [-0.4, -0.2) is 0 Å². The van der Waals surface area contributed by atoms with Crippen molar-refractivity contribution in [3.8, 4) is 11.1 Å². The van der Waals surface area contributed by atoms with Gasteiger partial charge in [-0.2, -0.15) is 0 Å². The summed E-state index contributed by atoms with van der Waals surface area (Å²) in [5.74, 6) is -1.25. The van der Waals surface area contributed by atoms with Crippen LogP contribution < -0.4 is 5.73 Å². The highest BCUT2D eigenvalue weighted by molar-refractivity contribution is 6.33. The first-order valence-electron chi connectivity index (χ1n) is 4.59. The number of nitrogens with two attached hydrogens (primary N) is 1. The van der Waals surface area contributed by atoms with Crippen molar-refractivity contribution in [2.24, 2.45) is 0 Å². The molecule has 82 valence electrons. The molecule has 0 aromatic heterocycles. The van der Waals surface area contributed by atoms with Gasteiger partial charge in [-0.25, -0.2) is 8.78 Å². The Bertz CT molecular complexity index is 541. The third kappa shape index (κ3) is 1.86. The zero-order chi connectivity index (χ0) is 11.7. The smallest absolute Gasteiger partial charge is 0.146 e. The first-order valence-corrected chi connectivity index (χ1v) is 4.97. The second kappa shape index (κ2) is 4.10. The Kier molecular flexibility index (Phi) is 2.79. The van der Waals surface area contributed by atoms with Crippen molar-refractivity contribution in [2.45, 2.75) is 0 Å². The van der Waals surface area contributed by atoms with Gasteiger partial charge in [-0.05, 0) is 12.1 Å². The van der Waals surface area contributed by atoms with Gasteiger partial charge in [-0.1, -0.05) is 29.8 Å². The Morgan fingerprint density at radius 3 is 2.31 bits per heavy atom. The number of halogens is 3. The lowest BCUT2D eigenvalue weighted by Gasteiger charge is -2.07. The maximum atomic E-state index is 13.6. The maximum absolute atomic E-state index is 13.6. The molecule has 2 aromatic carbocycles. The number of rotatable bonds is 1. The van der Waals surface area contributed by atoms with Gasteiger partial charge >= 0.3 is 0 Å². The van der Waals surface area contributed by atoms with Crippen LogP contribution >= 0.6 is 11.6 Å². The van der Waals surface area contributed by atoms with Crippen LogP contribution in [0.25, 0.3) is 11.1 Å². The highest BCUT2D eigenvalue weighted by atomic mass is 35.5. The summed E-state index contributed by atoms with van der Waals surface area (Å²) in [7, 11) is 0. The number of benzene rings is 2. The summed E-state index contributed by atoms with van der Waals surface area (Å²) in [6.45, 7) is 0.